The van der Waals surface area contributed by atoms with Crippen LogP contribution >= 0.6 is 12.0 Å². The Morgan fingerprint density at radius 2 is 1.83 bits per heavy atom. The third-order valence-electron chi connectivity index (χ3n) is 5.41. The van der Waals surface area contributed by atoms with Crippen molar-refractivity contribution in [3.63, 3.8) is 0 Å². The van der Waals surface area contributed by atoms with Gasteiger partial charge in [0.2, 0.25) is 4.75 Å². The van der Waals surface area contributed by atoms with Crippen LogP contribution in [0.5, 0.6) is 0 Å². The van der Waals surface area contributed by atoms with E-state index in [-0.39, 0.29) is 48.4 Å². The highest BCUT2D eigenvalue weighted by Gasteiger charge is 2.64. The molecule has 136 valence electrons. The van der Waals surface area contributed by atoms with E-state index in [0.29, 0.717) is 13.3 Å². The molecule has 0 aromatic carbocycles. The number of esters is 1. The SMILES string of the molecule is CC(SOOO)(C(=O)OC12CC3CC(C1)C(=O)C(C3)C2)C(F)(F)F. The van der Waals surface area contributed by atoms with Gasteiger partial charge < -0.3 is 4.74 Å². The predicted molar refractivity (Wildman–Crippen MR) is 74.2 cm³/mol. The van der Waals surface area contributed by atoms with E-state index in [1.807, 2.05) is 0 Å². The second-order valence-corrected chi connectivity index (χ2v) is 8.19. The lowest BCUT2D eigenvalue weighted by atomic mass is 9.53. The molecular formula is C14H17F3O6S. The number of Topliss-reactive ketones (excluding diaryl/α,β-unsaturated/α-hetero) is 1. The Labute approximate surface area is 140 Å². The average molecular weight is 370 g/mol. The molecule has 0 saturated heterocycles. The first kappa shape index (κ1) is 18.0. The highest BCUT2D eigenvalue weighted by atomic mass is 32.2. The number of rotatable bonds is 5. The smallest absolute Gasteiger partial charge is 0.415 e. The van der Waals surface area contributed by atoms with Crippen LogP contribution in [-0.2, 0) is 23.7 Å². The molecule has 0 aliphatic heterocycles. The van der Waals surface area contributed by atoms with Crippen molar-refractivity contribution in [2.45, 2.75) is 55.6 Å². The number of hydrogen-bond donors (Lipinski definition) is 1. The van der Waals surface area contributed by atoms with E-state index in [1.165, 1.54) is 0 Å². The summed E-state index contributed by atoms with van der Waals surface area (Å²) in [5, 5.41) is 11.3. The average Bonchev–Trinajstić information content (AvgIpc) is 2.47. The van der Waals surface area contributed by atoms with Crippen LogP contribution in [0.15, 0.2) is 0 Å². The lowest BCUT2D eigenvalue weighted by molar-refractivity contribution is -0.433. The summed E-state index contributed by atoms with van der Waals surface area (Å²) >= 11 is -0.371. The Morgan fingerprint density at radius 3 is 2.33 bits per heavy atom. The zero-order chi connectivity index (χ0) is 17.8. The second-order valence-electron chi connectivity index (χ2n) is 7.08. The molecule has 3 atom stereocenters. The number of carbonyl (C=O) groups excluding carboxylic acids is 2. The molecule has 4 saturated carbocycles. The Balaban J connectivity index is 1.79. The van der Waals surface area contributed by atoms with E-state index < -0.39 is 22.5 Å². The Hall–Kier alpha value is -0.840. The third-order valence-corrected chi connectivity index (χ3v) is 6.27. The monoisotopic (exact) mass is 370 g/mol. The molecule has 0 spiro atoms. The van der Waals surface area contributed by atoms with Crippen molar-refractivity contribution < 1.29 is 42.1 Å². The number of ketones is 1. The van der Waals surface area contributed by atoms with Crippen LogP contribution in [0.25, 0.3) is 0 Å². The number of ether oxygens (including phenoxy) is 1. The minimum atomic E-state index is -4.98. The highest BCUT2D eigenvalue weighted by Crippen LogP contribution is 2.56. The zero-order valence-electron chi connectivity index (χ0n) is 12.8. The Kier molecular flexibility index (Phi) is 4.38. The van der Waals surface area contributed by atoms with Gasteiger partial charge in [0.15, 0.2) is 0 Å². The Bertz CT molecular complexity index is 535. The van der Waals surface area contributed by atoms with Gasteiger partial charge in [0.05, 0.1) is 12.0 Å². The van der Waals surface area contributed by atoms with Gasteiger partial charge in [-0.1, -0.05) is 5.04 Å². The number of carbonyl (C=O) groups is 2. The summed E-state index contributed by atoms with van der Waals surface area (Å²) in [6.45, 7) is 0.602. The first-order valence-electron chi connectivity index (χ1n) is 7.60. The zero-order valence-corrected chi connectivity index (χ0v) is 13.6. The van der Waals surface area contributed by atoms with Crippen molar-refractivity contribution in [2.75, 3.05) is 0 Å². The summed E-state index contributed by atoms with van der Waals surface area (Å²) in [4.78, 5) is 24.4. The summed E-state index contributed by atoms with van der Waals surface area (Å²) in [6, 6.07) is 0. The van der Waals surface area contributed by atoms with Crippen molar-refractivity contribution >= 4 is 23.8 Å². The van der Waals surface area contributed by atoms with Gasteiger partial charge in [-0.25, -0.2) is 5.26 Å². The topological polar surface area (TPSA) is 82.1 Å². The van der Waals surface area contributed by atoms with E-state index in [2.05, 4.69) is 9.37 Å². The van der Waals surface area contributed by atoms with E-state index in [0.717, 1.165) is 12.8 Å². The van der Waals surface area contributed by atoms with Gasteiger partial charge in [-0.2, -0.15) is 13.2 Å². The van der Waals surface area contributed by atoms with Gasteiger partial charge in [0, 0.05) is 11.8 Å². The standard InChI is InChI=1S/C14H17F3O6S/c1-12(14(15,16)17,24-23-22-20)11(19)21-13-4-7-2-8(5-13)10(18)9(3-7)6-13/h7-9,20H,2-6H2,1H3. The van der Waals surface area contributed by atoms with Crippen molar-refractivity contribution in [2.24, 2.45) is 17.8 Å². The van der Waals surface area contributed by atoms with Gasteiger partial charge in [-0.05, 0) is 44.9 Å². The Morgan fingerprint density at radius 1 is 1.25 bits per heavy atom. The molecule has 0 aromatic rings. The fourth-order valence-corrected chi connectivity index (χ4v) is 4.75. The van der Waals surface area contributed by atoms with Gasteiger partial charge in [0.1, 0.15) is 11.4 Å². The van der Waals surface area contributed by atoms with Crippen LogP contribution in [0.3, 0.4) is 0 Å². The fourth-order valence-electron chi connectivity index (χ4n) is 4.37. The molecule has 0 aromatic heterocycles. The largest absolute Gasteiger partial charge is 0.458 e. The van der Waals surface area contributed by atoms with Crippen molar-refractivity contribution in [3.05, 3.63) is 0 Å². The van der Waals surface area contributed by atoms with Crippen LogP contribution in [-0.4, -0.2) is 33.5 Å². The van der Waals surface area contributed by atoms with Gasteiger partial charge in [-0.15, -0.1) is 4.33 Å². The summed E-state index contributed by atoms with van der Waals surface area (Å²) in [7, 11) is 0. The molecule has 4 aliphatic carbocycles. The van der Waals surface area contributed by atoms with E-state index in [1.54, 1.807) is 0 Å². The molecule has 0 heterocycles. The maximum Gasteiger partial charge on any atom is 0.415 e. The molecule has 6 nitrogen and oxygen atoms in total. The molecule has 4 aliphatic rings. The van der Waals surface area contributed by atoms with Crippen molar-refractivity contribution in [1.29, 1.82) is 0 Å². The summed E-state index contributed by atoms with van der Waals surface area (Å²) < 4.78 is 46.1. The first-order chi connectivity index (χ1) is 11.1. The quantitative estimate of drug-likeness (QED) is 0.345. The highest BCUT2D eigenvalue weighted by molar-refractivity contribution is 7.96. The molecule has 4 rings (SSSR count). The van der Waals surface area contributed by atoms with E-state index >= 15 is 0 Å². The van der Waals surface area contributed by atoms with Crippen LogP contribution in [0.4, 0.5) is 13.2 Å². The third kappa shape index (κ3) is 2.83. The number of hydrogen-bond acceptors (Lipinski definition) is 7. The van der Waals surface area contributed by atoms with Crippen LogP contribution in [0, 0.1) is 17.8 Å². The normalized spacial score (nSPS) is 37.4. The maximum atomic E-state index is 13.3. The van der Waals surface area contributed by atoms with Crippen LogP contribution in [0.1, 0.15) is 39.0 Å². The summed E-state index contributed by atoms with van der Waals surface area (Å²) in [5.41, 5.74) is -1.02. The van der Waals surface area contributed by atoms with E-state index in [9.17, 15) is 22.8 Å². The summed E-state index contributed by atoms with van der Waals surface area (Å²) in [5.74, 6) is -1.62. The molecule has 3 unspecified atom stereocenters. The minimum absolute atomic E-state index is 0.141. The maximum absolute atomic E-state index is 13.3. The van der Waals surface area contributed by atoms with Crippen molar-refractivity contribution in [1.82, 2.24) is 0 Å². The summed E-state index contributed by atoms with van der Waals surface area (Å²) in [6.07, 6.45) is -2.50. The number of alkyl halides is 3. The van der Waals surface area contributed by atoms with Gasteiger partial charge in [0.25, 0.3) is 0 Å². The van der Waals surface area contributed by atoms with Crippen LogP contribution < -0.4 is 0 Å². The predicted octanol–water partition coefficient (Wildman–Crippen LogP) is 3.07. The van der Waals surface area contributed by atoms with E-state index in [4.69, 9.17) is 9.99 Å². The number of halogens is 3. The lowest BCUT2D eigenvalue weighted by Crippen LogP contribution is -2.59. The molecule has 0 radical (unpaired) electrons. The van der Waals surface area contributed by atoms with Gasteiger partial charge >= 0.3 is 12.1 Å². The van der Waals surface area contributed by atoms with Gasteiger partial charge in [-0.3, -0.25) is 9.59 Å². The minimum Gasteiger partial charge on any atom is -0.458 e. The molecule has 0 amide bonds. The molecule has 24 heavy (non-hydrogen) atoms. The lowest BCUT2D eigenvalue weighted by Gasteiger charge is -2.55. The molecule has 4 bridgehead atoms. The molecule has 10 heteroatoms. The molecule has 4 fully saturated rings. The van der Waals surface area contributed by atoms with Crippen molar-refractivity contribution in [3.8, 4) is 0 Å². The molecule has 1 N–H and O–H groups in total. The fraction of sp³-hybridized carbons (Fsp3) is 0.857. The molecular weight excluding hydrogens is 353 g/mol. The van der Waals surface area contributed by atoms with Crippen LogP contribution in [0.2, 0.25) is 0 Å². The first-order valence-corrected chi connectivity index (χ1v) is 8.34. The second kappa shape index (κ2) is 5.86.